The minimum atomic E-state index is 0.295. The van der Waals surface area contributed by atoms with Gasteiger partial charge in [0.15, 0.2) is 10.9 Å². The topological polar surface area (TPSA) is 36.4 Å². The highest BCUT2D eigenvalue weighted by Crippen LogP contribution is 2.18. The number of thiazole rings is 1. The fourth-order valence-corrected chi connectivity index (χ4v) is 3.29. The van der Waals surface area contributed by atoms with Crippen molar-refractivity contribution in [1.82, 2.24) is 9.88 Å². The van der Waals surface area contributed by atoms with E-state index in [4.69, 9.17) is 0 Å². The van der Waals surface area contributed by atoms with E-state index in [0.29, 0.717) is 18.7 Å². The van der Waals surface area contributed by atoms with Crippen LogP contribution in [0.25, 0.3) is 0 Å². The molecule has 3 rings (SSSR count). The summed E-state index contributed by atoms with van der Waals surface area (Å²) in [6, 6.07) is 9.97. The number of Topliss-reactive ketones (excluding diaryl/α,β-unsaturated/α-hetero) is 1. The van der Waals surface area contributed by atoms with Gasteiger partial charge in [-0.05, 0) is 5.56 Å². The van der Waals surface area contributed by atoms with Gasteiger partial charge in [0.2, 0.25) is 0 Å². The summed E-state index contributed by atoms with van der Waals surface area (Å²) in [6.45, 7) is 4.32. The van der Waals surface area contributed by atoms with Crippen LogP contribution >= 0.6 is 11.3 Å². The SMILES string of the molecule is O=C(Cc1ccccc1)CN1CCN(c2nccs2)CC1. The Morgan fingerprint density at radius 2 is 1.90 bits per heavy atom. The van der Waals surface area contributed by atoms with Crippen molar-refractivity contribution in [2.45, 2.75) is 6.42 Å². The summed E-state index contributed by atoms with van der Waals surface area (Å²) in [5.74, 6) is 0.295. The highest BCUT2D eigenvalue weighted by molar-refractivity contribution is 7.13. The summed E-state index contributed by atoms with van der Waals surface area (Å²) in [4.78, 5) is 21.0. The number of rotatable bonds is 5. The maximum Gasteiger partial charge on any atom is 0.185 e. The van der Waals surface area contributed by atoms with E-state index < -0.39 is 0 Å². The number of aromatic nitrogens is 1. The van der Waals surface area contributed by atoms with Crippen LogP contribution in [0.5, 0.6) is 0 Å². The van der Waals surface area contributed by atoms with E-state index in [2.05, 4.69) is 14.8 Å². The summed E-state index contributed by atoms with van der Waals surface area (Å²) in [5, 5.41) is 3.09. The highest BCUT2D eigenvalue weighted by atomic mass is 32.1. The van der Waals surface area contributed by atoms with Crippen molar-refractivity contribution in [2.24, 2.45) is 0 Å². The standard InChI is InChI=1S/C16H19N3OS/c20-15(12-14-4-2-1-3-5-14)13-18-7-9-19(10-8-18)16-17-6-11-21-16/h1-6,11H,7-10,12-13H2. The molecule has 5 heteroatoms. The Bertz CT molecular complexity index is 562. The van der Waals surface area contributed by atoms with Gasteiger partial charge < -0.3 is 4.90 Å². The van der Waals surface area contributed by atoms with Crippen molar-refractivity contribution in [3.05, 3.63) is 47.5 Å². The zero-order valence-electron chi connectivity index (χ0n) is 11.9. The lowest BCUT2D eigenvalue weighted by Gasteiger charge is -2.34. The Labute approximate surface area is 129 Å². The van der Waals surface area contributed by atoms with E-state index in [1.54, 1.807) is 11.3 Å². The van der Waals surface area contributed by atoms with Crippen molar-refractivity contribution in [3.63, 3.8) is 0 Å². The first-order valence-corrected chi connectivity index (χ1v) is 8.11. The molecule has 0 radical (unpaired) electrons. The maximum atomic E-state index is 12.1. The summed E-state index contributed by atoms with van der Waals surface area (Å²) >= 11 is 1.68. The van der Waals surface area contributed by atoms with E-state index in [1.807, 2.05) is 41.9 Å². The molecule has 2 heterocycles. The Hall–Kier alpha value is -1.72. The van der Waals surface area contributed by atoms with Crippen LogP contribution in [-0.2, 0) is 11.2 Å². The molecule has 1 fully saturated rings. The molecular weight excluding hydrogens is 282 g/mol. The number of carbonyl (C=O) groups excluding carboxylic acids is 1. The number of ketones is 1. The van der Waals surface area contributed by atoms with Gasteiger partial charge in [0.05, 0.1) is 6.54 Å². The monoisotopic (exact) mass is 301 g/mol. The van der Waals surface area contributed by atoms with E-state index in [1.165, 1.54) is 0 Å². The molecule has 0 spiro atoms. The number of carbonyl (C=O) groups is 1. The van der Waals surface area contributed by atoms with Crippen molar-refractivity contribution in [1.29, 1.82) is 0 Å². The van der Waals surface area contributed by atoms with Gasteiger partial charge in [-0.2, -0.15) is 0 Å². The van der Waals surface area contributed by atoms with Crippen molar-refractivity contribution in [3.8, 4) is 0 Å². The molecule has 1 aromatic carbocycles. The van der Waals surface area contributed by atoms with Gasteiger partial charge in [-0.1, -0.05) is 30.3 Å². The highest BCUT2D eigenvalue weighted by Gasteiger charge is 2.20. The Balaban J connectivity index is 1.46. The van der Waals surface area contributed by atoms with Crippen LogP contribution in [0.2, 0.25) is 0 Å². The molecule has 0 amide bonds. The third kappa shape index (κ3) is 3.89. The summed E-state index contributed by atoms with van der Waals surface area (Å²) < 4.78 is 0. The number of hydrogen-bond donors (Lipinski definition) is 0. The third-order valence-electron chi connectivity index (χ3n) is 3.71. The minimum Gasteiger partial charge on any atom is -0.346 e. The van der Waals surface area contributed by atoms with Crippen LogP contribution in [0.15, 0.2) is 41.9 Å². The predicted molar refractivity (Wildman–Crippen MR) is 85.9 cm³/mol. The fraction of sp³-hybridized carbons (Fsp3) is 0.375. The quantitative estimate of drug-likeness (QED) is 0.847. The van der Waals surface area contributed by atoms with Crippen molar-refractivity contribution < 1.29 is 4.79 Å². The van der Waals surface area contributed by atoms with E-state index >= 15 is 0 Å². The second kappa shape index (κ2) is 6.83. The van der Waals surface area contributed by atoms with Crippen LogP contribution < -0.4 is 4.90 Å². The van der Waals surface area contributed by atoms with Crippen molar-refractivity contribution in [2.75, 3.05) is 37.6 Å². The maximum absolute atomic E-state index is 12.1. The molecular formula is C16H19N3OS. The van der Waals surface area contributed by atoms with Gasteiger partial charge in [0.1, 0.15) is 0 Å². The van der Waals surface area contributed by atoms with Crippen LogP contribution in [0, 0.1) is 0 Å². The lowest BCUT2D eigenvalue weighted by molar-refractivity contribution is -0.119. The third-order valence-corrected chi connectivity index (χ3v) is 4.54. The average molecular weight is 301 g/mol. The van der Waals surface area contributed by atoms with E-state index in [9.17, 15) is 4.79 Å². The normalized spacial score (nSPS) is 16.1. The van der Waals surface area contributed by atoms with Crippen LogP contribution in [0.4, 0.5) is 5.13 Å². The predicted octanol–water partition coefficient (Wildman–Crippen LogP) is 2.08. The second-order valence-corrected chi connectivity index (χ2v) is 6.15. The Morgan fingerprint density at radius 1 is 1.14 bits per heavy atom. The van der Waals surface area contributed by atoms with Gasteiger partial charge in [-0.3, -0.25) is 9.69 Å². The first kappa shape index (κ1) is 14.2. The van der Waals surface area contributed by atoms with Gasteiger partial charge in [-0.25, -0.2) is 4.98 Å². The fourth-order valence-electron chi connectivity index (χ4n) is 2.60. The van der Waals surface area contributed by atoms with E-state index in [-0.39, 0.29) is 0 Å². The summed E-state index contributed by atoms with van der Waals surface area (Å²) in [5.41, 5.74) is 1.10. The number of benzene rings is 1. The lowest BCUT2D eigenvalue weighted by Crippen LogP contribution is -2.48. The summed E-state index contributed by atoms with van der Waals surface area (Å²) in [6.07, 6.45) is 2.38. The van der Waals surface area contributed by atoms with E-state index in [0.717, 1.165) is 36.9 Å². The zero-order chi connectivity index (χ0) is 14.5. The second-order valence-electron chi connectivity index (χ2n) is 5.28. The largest absolute Gasteiger partial charge is 0.346 e. The minimum absolute atomic E-state index is 0.295. The van der Waals surface area contributed by atoms with Crippen LogP contribution in [-0.4, -0.2) is 48.4 Å². The lowest BCUT2D eigenvalue weighted by atomic mass is 10.1. The molecule has 0 atom stereocenters. The molecule has 1 saturated heterocycles. The molecule has 0 bridgehead atoms. The molecule has 1 aliphatic heterocycles. The first-order valence-electron chi connectivity index (χ1n) is 7.24. The molecule has 110 valence electrons. The Kier molecular flexibility index (Phi) is 4.62. The van der Waals surface area contributed by atoms with Crippen molar-refractivity contribution >= 4 is 22.3 Å². The molecule has 4 nitrogen and oxygen atoms in total. The van der Waals surface area contributed by atoms with Crippen LogP contribution in [0.1, 0.15) is 5.56 Å². The molecule has 0 aliphatic carbocycles. The van der Waals surface area contributed by atoms with Gasteiger partial charge in [-0.15, -0.1) is 11.3 Å². The smallest absolute Gasteiger partial charge is 0.185 e. The number of anilines is 1. The molecule has 0 saturated carbocycles. The molecule has 0 unspecified atom stereocenters. The number of hydrogen-bond acceptors (Lipinski definition) is 5. The molecule has 1 aliphatic rings. The van der Waals surface area contributed by atoms with Gasteiger partial charge in [0, 0.05) is 44.2 Å². The first-order chi connectivity index (χ1) is 10.3. The Morgan fingerprint density at radius 3 is 2.57 bits per heavy atom. The average Bonchev–Trinajstić information content (AvgIpc) is 3.03. The molecule has 2 aromatic rings. The molecule has 0 N–H and O–H groups in total. The number of piperazine rings is 1. The van der Waals surface area contributed by atoms with Crippen LogP contribution in [0.3, 0.4) is 0 Å². The van der Waals surface area contributed by atoms with Gasteiger partial charge >= 0.3 is 0 Å². The summed E-state index contributed by atoms with van der Waals surface area (Å²) in [7, 11) is 0. The van der Waals surface area contributed by atoms with Gasteiger partial charge in [0.25, 0.3) is 0 Å². The zero-order valence-corrected chi connectivity index (χ0v) is 12.8. The molecule has 1 aromatic heterocycles. The number of nitrogens with zero attached hydrogens (tertiary/aromatic N) is 3. The molecule has 21 heavy (non-hydrogen) atoms.